The van der Waals surface area contributed by atoms with Crippen LogP contribution < -0.4 is 5.32 Å². The van der Waals surface area contributed by atoms with E-state index < -0.39 is 5.91 Å². The Morgan fingerprint density at radius 3 is 2.59 bits per heavy atom. The number of nitriles is 1. The minimum Gasteiger partial charge on any atom is -0.345 e. The van der Waals surface area contributed by atoms with Crippen LogP contribution in [-0.4, -0.2) is 10.9 Å². The first kappa shape index (κ1) is 15.5. The molecular formula is C18H17N3O. The maximum absolute atomic E-state index is 12.2. The molecule has 110 valence electrons. The highest BCUT2D eigenvalue weighted by atomic mass is 16.1. The van der Waals surface area contributed by atoms with Crippen LogP contribution in [0.1, 0.15) is 29.9 Å². The van der Waals surface area contributed by atoms with Crippen LogP contribution in [0.3, 0.4) is 0 Å². The minimum atomic E-state index is -0.401. The van der Waals surface area contributed by atoms with Gasteiger partial charge in [0.25, 0.3) is 5.91 Å². The molecule has 1 atom stereocenters. The van der Waals surface area contributed by atoms with E-state index in [-0.39, 0.29) is 11.6 Å². The van der Waals surface area contributed by atoms with Gasteiger partial charge >= 0.3 is 0 Å². The number of nitrogens with zero attached hydrogens (tertiary/aromatic N) is 2. The summed E-state index contributed by atoms with van der Waals surface area (Å²) in [5, 5.41) is 12.0. The summed E-state index contributed by atoms with van der Waals surface area (Å²) in [7, 11) is 0. The number of hydrogen-bond donors (Lipinski definition) is 1. The van der Waals surface area contributed by atoms with Gasteiger partial charge < -0.3 is 5.32 Å². The second-order valence-corrected chi connectivity index (χ2v) is 4.98. The van der Waals surface area contributed by atoms with Crippen LogP contribution in [0.2, 0.25) is 0 Å². The summed E-state index contributed by atoms with van der Waals surface area (Å²) in [6.45, 7) is 3.74. The van der Waals surface area contributed by atoms with Crippen LogP contribution in [0.4, 0.5) is 0 Å². The number of carbonyl (C=O) groups is 1. The molecule has 1 amide bonds. The highest BCUT2D eigenvalue weighted by Gasteiger charge is 2.13. The largest absolute Gasteiger partial charge is 0.345 e. The van der Waals surface area contributed by atoms with E-state index in [0.717, 1.165) is 11.3 Å². The van der Waals surface area contributed by atoms with Crippen molar-refractivity contribution in [1.29, 1.82) is 5.26 Å². The van der Waals surface area contributed by atoms with Crippen molar-refractivity contribution in [3.05, 3.63) is 71.1 Å². The van der Waals surface area contributed by atoms with Gasteiger partial charge in [0.15, 0.2) is 0 Å². The molecule has 0 fully saturated rings. The van der Waals surface area contributed by atoms with E-state index in [4.69, 9.17) is 0 Å². The Balaban J connectivity index is 2.14. The molecular weight excluding hydrogens is 274 g/mol. The fraction of sp³-hybridized carbons (Fsp3) is 0.167. The van der Waals surface area contributed by atoms with E-state index in [9.17, 15) is 10.1 Å². The van der Waals surface area contributed by atoms with Crippen molar-refractivity contribution in [2.45, 2.75) is 19.9 Å². The molecule has 4 nitrogen and oxygen atoms in total. The monoisotopic (exact) mass is 291 g/mol. The molecule has 2 rings (SSSR count). The molecule has 0 saturated carbocycles. The fourth-order valence-electron chi connectivity index (χ4n) is 2.04. The molecule has 4 heteroatoms. The molecule has 1 aromatic carbocycles. The summed E-state index contributed by atoms with van der Waals surface area (Å²) in [6.07, 6.45) is 1.50. The predicted octanol–water partition coefficient (Wildman–Crippen LogP) is 3.17. The maximum atomic E-state index is 12.2. The Morgan fingerprint density at radius 1 is 1.23 bits per heavy atom. The Kier molecular flexibility index (Phi) is 5.05. The average Bonchev–Trinajstić information content (AvgIpc) is 2.53. The molecule has 0 bridgehead atoms. The quantitative estimate of drug-likeness (QED) is 0.695. The number of carbonyl (C=O) groups excluding carboxylic acids is 1. The summed E-state index contributed by atoms with van der Waals surface area (Å²) in [6, 6.07) is 16.8. The van der Waals surface area contributed by atoms with Gasteiger partial charge in [-0.1, -0.05) is 36.4 Å². The summed E-state index contributed by atoms with van der Waals surface area (Å²) in [5.74, 6) is -0.401. The van der Waals surface area contributed by atoms with Crippen molar-refractivity contribution in [1.82, 2.24) is 10.3 Å². The fourth-order valence-corrected chi connectivity index (χ4v) is 2.04. The van der Waals surface area contributed by atoms with Gasteiger partial charge in [0.05, 0.1) is 11.7 Å². The lowest BCUT2D eigenvalue weighted by Gasteiger charge is -2.13. The van der Waals surface area contributed by atoms with Crippen LogP contribution in [-0.2, 0) is 4.79 Å². The molecule has 2 aromatic rings. The van der Waals surface area contributed by atoms with Crippen molar-refractivity contribution in [2.24, 2.45) is 0 Å². The number of benzene rings is 1. The molecule has 0 aliphatic rings. The van der Waals surface area contributed by atoms with Crippen LogP contribution in [0.15, 0.2) is 54.1 Å². The van der Waals surface area contributed by atoms with E-state index in [0.29, 0.717) is 5.69 Å². The maximum Gasteiger partial charge on any atom is 0.262 e. The molecule has 1 N–H and O–H groups in total. The Morgan fingerprint density at radius 2 is 1.95 bits per heavy atom. The molecule has 0 aliphatic heterocycles. The van der Waals surface area contributed by atoms with Gasteiger partial charge in [-0.3, -0.25) is 9.78 Å². The Labute approximate surface area is 130 Å². The number of aromatic nitrogens is 1. The van der Waals surface area contributed by atoms with E-state index in [2.05, 4.69) is 10.3 Å². The zero-order valence-corrected chi connectivity index (χ0v) is 12.6. The summed E-state index contributed by atoms with van der Waals surface area (Å²) in [4.78, 5) is 16.5. The van der Waals surface area contributed by atoms with Gasteiger partial charge in [0.1, 0.15) is 11.6 Å². The molecule has 22 heavy (non-hydrogen) atoms. The second-order valence-electron chi connectivity index (χ2n) is 4.98. The summed E-state index contributed by atoms with van der Waals surface area (Å²) in [5.41, 5.74) is 2.46. The number of rotatable bonds is 4. The molecule has 0 unspecified atom stereocenters. The minimum absolute atomic E-state index is 0.0425. The SMILES string of the molecule is Cc1cccc(C=C(C#N)C(=O)N[C@@H](C)c2ccccc2)n1. The first-order valence-corrected chi connectivity index (χ1v) is 7.01. The van der Waals surface area contributed by atoms with Gasteiger partial charge in [0, 0.05) is 5.69 Å². The molecule has 0 spiro atoms. The van der Waals surface area contributed by atoms with Gasteiger partial charge in [0.2, 0.25) is 0 Å². The lowest BCUT2D eigenvalue weighted by Crippen LogP contribution is -2.27. The third-order valence-corrected chi connectivity index (χ3v) is 3.21. The van der Waals surface area contributed by atoms with Gasteiger partial charge in [-0.2, -0.15) is 5.26 Å². The van der Waals surface area contributed by atoms with Crippen molar-refractivity contribution < 1.29 is 4.79 Å². The highest BCUT2D eigenvalue weighted by molar-refractivity contribution is 6.01. The van der Waals surface area contributed by atoms with Gasteiger partial charge in [-0.15, -0.1) is 0 Å². The first-order chi connectivity index (χ1) is 10.6. The van der Waals surface area contributed by atoms with Crippen LogP contribution in [0, 0.1) is 18.3 Å². The Hall–Kier alpha value is -2.93. The van der Waals surface area contributed by atoms with Crippen molar-refractivity contribution in [3.63, 3.8) is 0 Å². The summed E-state index contributed by atoms with van der Waals surface area (Å²) >= 11 is 0. The number of amides is 1. The van der Waals surface area contributed by atoms with E-state index in [1.165, 1.54) is 6.08 Å². The third-order valence-electron chi connectivity index (χ3n) is 3.21. The lowest BCUT2D eigenvalue weighted by atomic mass is 10.1. The van der Waals surface area contributed by atoms with E-state index in [1.807, 2.05) is 62.4 Å². The zero-order chi connectivity index (χ0) is 15.9. The smallest absolute Gasteiger partial charge is 0.262 e. The number of aryl methyl sites for hydroxylation is 1. The third kappa shape index (κ3) is 4.03. The standard InChI is InChI=1S/C18H17N3O/c1-13-7-6-10-17(20-13)11-16(12-19)18(22)21-14(2)15-8-4-3-5-9-15/h3-11,14H,1-2H3,(H,21,22)/t14-/m0/s1. The second kappa shape index (κ2) is 7.19. The summed E-state index contributed by atoms with van der Waals surface area (Å²) < 4.78 is 0. The van der Waals surface area contributed by atoms with E-state index >= 15 is 0 Å². The molecule has 1 aromatic heterocycles. The molecule has 1 heterocycles. The molecule has 0 saturated heterocycles. The predicted molar refractivity (Wildman–Crippen MR) is 85.6 cm³/mol. The topological polar surface area (TPSA) is 65.8 Å². The highest BCUT2D eigenvalue weighted by Crippen LogP contribution is 2.13. The zero-order valence-electron chi connectivity index (χ0n) is 12.6. The van der Waals surface area contributed by atoms with Gasteiger partial charge in [-0.25, -0.2) is 0 Å². The lowest BCUT2D eigenvalue weighted by molar-refractivity contribution is -0.117. The number of pyridine rings is 1. The normalized spacial score (nSPS) is 12.3. The number of nitrogens with one attached hydrogen (secondary N) is 1. The molecule has 0 aliphatic carbocycles. The van der Waals surface area contributed by atoms with Gasteiger partial charge in [-0.05, 0) is 37.6 Å². The van der Waals surface area contributed by atoms with Crippen molar-refractivity contribution in [2.75, 3.05) is 0 Å². The van der Waals surface area contributed by atoms with E-state index in [1.54, 1.807) is 6.07 Å². The number of hydrogen-bond acceptors (Lipinski definition) is 3. The molecule has 0 radical (unpaired) electrons. The average molecular weight is 291 g/mol. The van der Waals surface area contributed by atoms with Crippen LogP contribution >= 0.6 is 0 Å². The van der Waals surface area contributed by atoms with Crippen molar-refractivity contribution in [3.8, 4) is 6.07 Å². The van der Waals surface area contributed by atoms with Crippen LogP contribution in [0.5, 0.6) is 0 Å². The van der Waals surface area contributed by atoms with Crippen LogP contribution in [0.25, 0.3) is 6.08 Å². The Bertz CT molecular complexity index is 729. The first-order valence-electron chi connectivity index (χ1n) is 7.01. The van der Waals surface area contributed by atoms with Crippen molar-refractivity contribution >= 4 is 12.0 Å².